The number of ketones is 1. The number of methoxy groups -OCH3 is 2. The Bertz CT molecular complexity index is 849. The molecule has 0 aliphatic heterocycles. The predicted octanol–water partition coefficient (Wildman–Crippen LogP) is 2.79. The van der Waals surface area contributed by atoms with Crippen LogP contribution in [0.3, 0.4) is 0 Å². The van der Waals surface area contributed by atoms with Crippen LogP contribution in [-0.2, 0) is 4.74 Å². The van der Waals surface area contributed by atoms with Gasteiger partial charge < -0.3 is 14.2 Å². The van der Waals surface area contributed by atoms with Gasteiger partial charge in [0.1, 0.15) is 11.4 Å². The van der Waals surface area contributed by atoms with Gasteiger partial charge in [-0.25, -0.2) is 9.18 Å². The molecule has 0 aliphatic carbocycles. The van der Waals surface area contributed by atoms with E-state index in [4.69, 9.17) is 14.2 Å². The normalized spacial score (nSPS) is 10.1. The van der Waals surface area contributed by atoms with Crippen LogP contribution in [0.25, 0.3) is 0 Å². The van der Waals surface area contributed by atoms with Crippen LogP contribution >= 0.6 is 0 Å². The summed E-state index contributed by atoms with van der Waals surface area (Å²) in [5.74, 6) is -2.01. The molecule has 0 aliphatic rings. The summed E-state index contributed by atoms with van der Waals surface area (Å²) in [6, 6.07) is 6.79. The SMILES string of the molecule is COc1cc(C(=O)OCC(=O)c2ccc(F)cc2)c([N+](=O)[O-])cc1OC. The second kappa shape index (κ2) is 8.06. The molecule has 0 bridgehead atoms. The highest BCUT2D eigenvalue weighted by atomic mass is 19.1. The summed E-state index contributed by atoms with van der Waals surface area (Å²) in [4.78, 5) is 34.6. The fourth-order valence-corrected chi connectivity index (χ4v) is 2.11. The molecule has 8 nitrogen and oxygen atoms in total. The lowest BCUT2D eigenvalue weighted by Gasteiger charge is -2.10. The summed E-state index contributed by atoms with van der Waals surface area (Å²) in [6.07, 6.45) is 0. The van der Waals surface area contributed by atoms with Gasteiger partial charge in [-0.1, -0.05) is 0 Å². The van der Waals surface area contributed by atoms with Crippen molar-refractivity contribution in [3.8, 4) is 11.5 Å². The standard InChI is InChI=1S/C17H14FNO7/c1-24-15-7-12(13(19(22)23)8-16(15)25-2)17(21)26-9-14(20)10-3-5-11(18)6-4-10/h3-8H,9H2,1-2H3. The Morgan fingerprint density at radius 2 is 1.65 bits per heavy atom. The Morgan fingerprint density at radius 1 is 1.08 bits per heavy atom. The molecule has 0 atom stereocenters. The Hall–Kier alpha value is -3.49. The molecule has 2 aromatic carbocycles. The van der Waals surface area contributed by atoms with Crippen LogP contribution in [0, 0.1) is 15.9 Å². The summed E-state index contributed by atoms with van der Waals surface area (Å²) in [5, 5.41) is 11.2. The average Bonchev–Trinajstić information content (AvgIpc) is 2.65. The van der Waals surface area contributed by atoms with Gasteiger partial charge in [-0.05, 0) is 24.3 Å². The highest BCUT2D eigenvalue weighted by Crippen LogP contribution is 2.34. The van der Waals surface area contributed by atoms with E-state index in [9.17, 15) is 24.1 Å². The second-order valence-corrected chi connectivity index (χ2v) is 4.99. The van der Waals surface area contributed by atoms with E-state index in [2.05, 4.69) is 0 Å². The fraction of sp³-hybridized carbons (Fsp3) is 0.176. The minimum atomic E-state index is -1.08. The van der Waals surface area contributed by atoms with Gasteiger partial charge in [0.25, 0.3) is 5.69 Å². The Balaban J connectivity index is 2.21. The lowest BCUT2D eigenvalue weighted by atomic mass is 10.1. The molecule has 0 spiro atoms. The molecule has 136 valence electrons. The number of carbonyl (C=O) groups is 2. The van der Waals surface area contributed by atoms with Gasteiger partial charge >= 0.3 is 5.97 Å². The number of nitrogens with zero attached hydrogens (tertiary/aromatic N) is 1. The molecule has 0 aromatic heterocycles. The molecule has 0 amide bonds. The second-order valence-electron chi connectivity index (χ2n) is 4.99. The zero-order valence-electron chi connectivity index (χ0n) is 13.9. The minimum absolute atomic E-state index is 0.0677. The van der Waals surface area contributed by atoms with E-state index in [0.29, 0.717) is 0 Å². The van der Waals surface area contributed by atoms with Gasteiger partial charge in [-0.2, -0.15) is 0 Å². The maximum Gasteiger partial charge on any atom is 0.345 e. The molecule has 0 saturated carbocycles. The van der Waals surface area contributed by atoms with Crippen molar-refractivity contribution in [1.29, 1.82) is 0 Å². The molecular weight excluding hydrogens is 349 g/mol. The van der Waals surface area contributed by atoms with Crippen molar-refractivity contribution in [3.05, 3.63) is 63.5 Å². The molecule has 0 N–H and O–H groups in total. The molecule has 2 aromatic rings. The zero-order valence-corrected chi connectivity index (χ0v) is 13.9. The van der Waals surface area contributed by atoms with Crippen LogP contribution < -0.4 is 9.47 Å². The van der Waals surface area contributed by atoms with Gasteiger partial charge in [0, 0.05) is 11.6 Å². The molecule has 0 saturated heterocycles. The summed E-state index contributed by atoms with van der Waals surface area (Å²) in [6.45, 7) is -0.657. The molecule has 0 unspecified atom stereocenters. The number of hydrogen-bond donors (Lipinski definition) is 0. The van der Waals surface area contributed by atoms with Crippen LogP contribution in [0.5, 0.6) is 11.5 Å². The Kier molecular flexibility index (Phi) is 5.84. The van der Waals surface area contributed by atoms with E-state index in [0.717, 1.165) is 24.3 Å². The number of benzene rings is 2. The molecule has 0 fully saturated rings. The topological polar surface area (TPSA) is 105 Å². The average molecular weight is 363 g/mol. The number of ether oxygens (including phenoxy) is 3. The van der Waals surface area contributed by atoms with Crippen molar-refractivity contribution < 1.29 is 33.1 Å². The van der Waals surface area contributed by atoms with Crippen molar-refractivity contribution in [2.45, 2.75) is 0 Å². The smallest absolute Gasteiger partial charge is 0.345 e. The van der Waals surface area contributed by atoms with Crippen LogP contribution in [0.2, 0.25) is 0 Å². The van der Waals surface area contributed by atoms with Crippen molar-refractivity contribution in [2.75, 3.05) is 20.8 Å². The van der Waals surface area contributed by atoms with Crippen LogP contribution in [0.1, 0.15) is 20.7 Å². The van der Waals surface area contributed by atoms with E-state index in [1.54, 1.807) is 0 Å². The van der Waals surface area contributed by atoms with Gasteiger partial charge in [0.15, 0.2) is 23.9 Å². The number of carbonyl (C=O) groups excluding carboxylic acids is 2. The number of nitro benzene ring substituents is 1. The largest absolute Gasteiger partial charge is 0.493 e. The van der Waals surface area contributed by atoms with E-state index in [1.165, 1.54) is 26.4 Å². The van der Waals surface area contributed by atoms with Crippen LogP contribution in [0.4, 0.5) is 10.1 Å². The van der Waals surface area contributed by atoms with Crippen LogP contribution in [0.15, 0.2) is 36.4 Å². The number of halogens is 1. The lowest BCUT2D eigenvalue weighted by molar-refractivity contribution is -0.385. The number of nitro groups is 1. The monoisotopic (exact) mass is 363 g/mol. The molecular formula is C17H14FNO7. The summed E-state index contributed by atoms with van der Waals surface area (Å²) < 4.78 is 27.7. The molecule has 26 heavy (non-hydrogen) atoms. The van der Waals surface area contributed by atoms with E-state index >= 15 is 0 Å². The molecule has 2 rings (SSSR count). The summed E-state index contributed by atoms with van der Waals surface area (Å²) in [7, 11) is 2.60. The third kappa shape index (κ3) is 4.12. The highest BCUT2D eigenvalue weighted by molar-refractivity contribution is 6.00. The maximum atomic E-state index is 12.9. The number of esters is 1. The molecule has 0 heterocycles. The van der Waals surface area contributed by atoms with Gasteiger partial charge in [-0.15, -0.1) is 0 Å². The fourth-order valence-electron chi connectivity index (χ4n) is 2.11. The molecule has 0 radical (unpaired) electrons. The Morgan fingerprint density at radius 3 is 2.19 bits per heavy atom. The van der Waals surface area contributed by atoms with Crippen molar-refractivity contribution in [1.82, 2.24) is 0 Å². The van der Waals surface area contributed by atoms with Crippen molar-refractivity contribution in [2.24, 2.45) is 0 Å². The third-order valence-electron chi connectivity index (χ3n) is 3.42. The third-order valence-corrected chi connectivity index (χ3v) is 3.42. The molecule has 9 heteroatoms. The first kappa shape index (κ1) is 18.8. The first-order valence-electron chi connectivity index (χ1n) is 7.23. The lowest BCUT2D eigenvalue weighted by Crippen LogP contribution is -2.15. The quantitative estimate of drug-likeness (QED) is 0.322. The zero-order chi connectivity index (χ0) is 19.3. The predicted molar refractivity (Wildman–Crippen MR) is 87.2 cm³/mol. The van der Waals surface area contributed by atoms with Crippen molar-refractivity contribution in [3.63, 3.8) is 0 Å². The first-order valence-corrected chi connectivity index (χ1v) is 7.23. The minimum Gasteiger partial charge on any atom is -0.493 e. The number of rotatable bonds is 7. The van der Waals surface area contributed by atoms with Gasteiger partial charge in [-0.3, -0.25) is 14.9 Å². The highest BCUT2D eigenvalue weighted by Gasteiger charge is 2.26. The van der Waals surface area contributed by atoms with Crippen molar-refractivity contribution >= 4 is 17.4 Å². The maximum absolute atomic E-state index is 12.9. The Labute approximate surface area is 147 Å². The first-order chi connectivity index (χ1) is 12.4. The summed E-state index contributed by atoms with van der Waals surface area (Å²) in [5.41, 5.74) is -0.803. The van der Waals surface area contributed by atoms with E-state index in [1.807, 2.05) is 0 Å². The van der Waals surface area contributed by atoms with Gasteiger partial charge in [0.2, 0.25) is 0 Å². The number of hydrogen-bond acceptors (Lipinski definition) is 7. The number of Topliss-reactive ketones (excluding diaryl/α,β-unsaturated/α-hetero) is 1. The van der Waals surface area contributed by atoms with Gasteiger partial charge in [0.05, 0.1) is 25.2 Å². The van der Waals surface area contributed by atoms with Crippen LogP contribution in [-0.4, -0.2) is 37.5 Å². The summed E-state index contributed by atoms with van der Waals surface area (Å²) >= 11 is 0. The van der Waals surface area contributed by atoms with E-state index < -0.39 is 34.8 Å². The van der Waals surface area contributed by atoms with E-state index in [-0.39, 0.29) is 22.6 Å².